The van der Waals surface area contributed by atoms with E-state index in [1.807, 2.05) is 49.3 Å². The van der Waals surface area contributed by atoms with Crippen molar-refractivity contribution in [1.82, 2.24) is 14.8 Å². The van der Waals surface area contributed by atoms with Crippen LogP contribution in [0.4, 0.5) is 5.69 Å². The molecule has 24 heavy (non-hydrogen) atoms. The fraction of sp³-hybridized carbons (Fsp3) is 0.333. The number of benzene rings is 1. The molecule has 0 bridgehead atoms. The summed E-state index contributed by atoms with van der Waals surface area (Å²) < 4.78 is 0. The molecule has 0 radical (unpaired) electrons. The first-order valence-corrected chi connectivity index (χ1v) is 7.71. The Morgan fingerprint density at radius 1 is 1.08 bits per heavy atom. The number of hydrogen-bond donors (Lipinski definition) is 1. The molecule has 130 valence electrons. The Balaban J connectivity index is 0.00000288. The molecule has 1 aromatic carbocycles. The third-order valence-corrected chi connectivity index (χ3v) is 3.57. The maximum Gasteiger partial charge on any atom is 0.228 e. The number of likely N-dealkylation sites (N-methyl/N-ethyl adjacent to an activating group) is 1. The lowest BCUT2D eigenvalue weighted by atomic mass is 10.2. The maximum atomic E-state index is 12.7. The molecule has 0 aliphatic carbocycles. The number of nitrogen functional groups attached to an aromatic ring is 1. The van der Waals surface area contributed by atoms with Crippen molar-refractivity contribution in [3.8, 4) is 0 Å². The molecule has 0 aliphatic heterocycles. The zero-order valence-electron chi connectivity index (χ0n) is 14.2. The average molecular weight is 349 g/mol. The van der Waals surface area contributed by atoms with Gasteiger partial charge in [-0.25, -0.2) is 0 Å². The van der Waals surface area contributed by atoms with Crippen LogP contribution in [0.1, 0.15) is 11.3 Å². The van der Waals surface area contributed by atoms with Gasteiger partial charge in [-0.05, 0) is 31.8 Å². The van der Waals surface area contributed by atoms with Crippen LogP contribution in [0.5, 0.6) is 0 Å². The molecule has 2 rings (SSSR count). The molecule has 6 heteroatoms. The van der Waals surface area contributed by atoms with Gasteiger partial charge in [-0.15, -0.1) is 12.4 Å². The second-order valence-corrected chi connectivity index (χ2v) is 5.86. The molecule has 0 saturated heterocycles. The van der Waals surface area contributed by atoms with Crippen molar-refractivity contribution in [2.75, 3.05) is 32.9 Å². The zero-order chi connectivity index (χ0) is 16.7. The van der Waals surface area contributed by atoms with Gasteiger partial charge in [-0.1, -0.05) is 30.3 Å². The van der Waals surface area contributed by atoms with Gasteiger partial charge in [-0.2, -0.15) is 0 Å². The number of amides is 1. The summed E-state index contributed by atoms with van der Waals surface area (Å²) in [6.45, 7) is 2.13. The van der Waals surface area contributed by atoms with Gasteiger partial charge in [0.05, 0.1) is 18.3 Å². The maximum absolute atomic E-state index is 12.7. The summed E-state index contributed by atoms with van der Waals surface area (Å²) >= 11 is 0. The second-order valence-electron chi connectivity index (χ2n) is 5.86. The molecular weight excluding hydrogens is 324 g/mol. The van der Waals surface area contributed by atoms with Crippen LogP contribution < -0.4 is 5.73 Å². The fourth-order valence-corrected chi connectivity index (χ4v) is 2.22. The number of halogens is 1. The molecule has 0 saturated carbocycles. The van der Waals surface area contributed by atoms with Crippen molar-refractivity contribution in [3.63, 3.8) is 0 Å². The predicted molar refractivity (Wildman–Crippen MR) is 100 cm³/mol. The topological polar surface area (TPSA) is 62.5 Å². The molecule has 1 aromatic heterocycles. The largest absolute Gasteiger partial charge is 0.397 e. The third-order valence-electron chi connectivity index (χ3n) is 3.57. The summed E-state index contributed by atoms with van der Waals surface area (Å²) in [6.07, 6.45) is 1.88. The van der Waals surface area contributed by atoms with Crippen molar-refractivity contribution in [2.45, 2.75) is 13.0 Å². The lowest BCUT2D eigenvalue weighted by Gasteiger charge is -2.24. The number of nitrogens with two attached hydrogens (primary N) is 1. The molecule has 0 atom stereocenters. The Bertz CT molecular complexity index is 617. The molecule has 5 nitrogen and oxygen atoms in total. The molecule has 0 aliphatic rings. The van der Waals surface area contributed by atoms with Crippen LogP contribution in [-0.2, 0) is 17.8 Å². The first-order chi connectivity index (χ1) is 11.0. The van der Waals surface area contributed by atoms with Gasteiger partial charge in [0, 0.05) is 25.3 Å². The van der Waals surface area contributed by atoms with E-state index in [9.17, 15) is 4.79 Å². The van der Waals surface area contributed by atoms with E-state index in [0.29, 0.717) is 25.2 Å². The number of anilines is 1. The number of carbonyl (C=O) groups is 1. The second kappa shape index (κ2) is 9.90. The first-order valence-electron chi connectivity index (χ1n) is 7.71. The Hall–Kier alpha value is -2.11. The van der Waals surface area contributed by atoms with E-state index < -0.39 is 0 Å². The Morgan fingerprint density at radius 3 is 2.38 bits per heavy atom. The van der Waals surface area contributed by atoms with Gasteiger partial charge in [0.15, 0.2) is 0 Å². The summed E-state index contributed by atoms with van der Waals surface area (Å²) in [7, 11) is 4.01. The highest BCUT2D eigenvalue weighted by Crippen LogP contribution is 2.08. The minimum absolute atomic E-state index is 0. The number of rotatable bonds is 7. The number of carbonyl (C=O) groups excluding carboxylic acids is 1. The molecule has 1 amide bonds. The highest BCUT2D eigenvalue weighted by Gasteiger charge is 2.15. The standard InChI is InChI=1S/C18H24N4O.ClH/c1-21(2)10-11-22(14-15-6-4-3-5-7-15)18(23)12-17-9-8-16(19)13-20-17;/h3-9,13H,10-12,14,19H2,1-2H3;1H. The molecule has 0 unspecified atom stereocenters. The minimum atomic E-state index is 0. The Morgan fingerprint density at radius 2 is 1.79 bits per heavy atom. The highest BCUT2D eigenvalue weighted by atomic mass is 35.5. The van der Waals surface area contributed by atoms with Crippen LogP contribution in [0.3, 0.4) is 0 Å². The Kier molecular flexibility index (Phi) is 8.22. The first kappa shape index (κ1) is 19.9. The van der Waals surface area contributed by atoms with Crippen molar-refractivity contribution in [3.05, 3.63) is 59.9 Å². The summed E-state index contributed by atoms with van der Waals surface area (Å²) in [5.41, 5.74) is 8.12. The normalized spacial score (nSPS) is 10.3. The predicted octanol–water partition coefficient (Wildman–Crippen LogP) is 2.22. The fourth-order valence-electron chi connectivity index (χ4n) is 2.22. The summed E-state index contributed by atoms with van der Waals surface area (Å²) in [5, 5.41) is 0. The van der Waals surface area contributed by atoms with Crippen LogP contribution >= 0.6 is 12.4 Å². The van der Waals surface area contributed by atoms with E-state index in [1.54, 1.807) is 18.3 Å². The summed E-state index contributed by atoms with van der Waals surface area (Å²) in [5.74, 6) is 0.0768. The van der Waals surface area contributed by atoms with E-state index >= 15 is 0 Å². The molecule has 2 aromatic rings. The smallest absolute Gasteiger partial charge is 0.228 e. The summed E-state index contributed by atoms with van der Waals surface area (Å²) in [4.78, 5) is 20.8. The molecule has 1 heterocycles. The van der Waals surface area contributed by atoms with Crippen LogP contribution in [-0.4, -0.2) is 47.9 Å². The van der Waals surface area contributed by atoms with Crippen molar-refractivity contribution >= 4 is 24.0 Å². The van der Waals surface area contributed by atoms with Crippen LogP contribution in [0.15, 0.2) is 48.7 Å². The van der Waals surface area contributed by atoms with Crippen LogP contribution in [0.2, 0.25) is 0 Å². The third kappa shape index (κ3) is 6.56. The highest BCUT2D eigenvalue weighted by molar-refractivity contribution is 5.85. The van der Waals surface area contributed by atoms with E-state index in [0.717, 1.165) is 17.8 Å². The van der Waals surface area contributed by atoms with Gasteiger partial charge >= 0.3 is 0 Å². The molecular formula is C18H25ClN4O. The average Bonchev–Trinajstić information content (AvgIpc) is 2.54. The molecule has 0 spiro atoms. The van der Waals surface area contributed by atoms with E-state index in [2.05, 4.69) is 9.88 Å². The summed E-state index contributed by atoms with van der Waals surface area (Å²) in [6, 6.07) is 13.6. The van der Waals surface area contributed by atoms with Crippen LogP contribution in [0.25, 0.3) is 0 Å². The zero-order valence-corrected chi connectivity index (χ0v) is 15.0. The SMILES string of the molecule is CN(C)CCN(Cc1ccccc1)C(=O)Cc1ccc(N)cn1.Cl. The number of hydrogen-bond acceptors (Lipinski definition) is 4. The van der Waals surface area contributed by atoms with E-state index in [4.69, 9.17) is 5.73 Å². The van der Waals surface area contributed by atoms with Gasteiger partial charge in [-0.3, -0.25) is 9.78 Å². The van der Waals surface area contributed by atoms with Gasteiger partial charge < -0.3 is 15.5 Å². The number of pyridine rings is 1. The van der Waals surface area contributed by atoms with Gasteiger partial charge in [0.1, 0.15) is 0 Å². The van der Waals surface area contributed by atoms with E-state index in [1.165, 1.54) is 0 Å². The number of nitrogens with zero attached hydrogens (tertiary/aromatic N) is 3. The monoisotopic (exact) mass is 348 g/mol. The van der Waals surface area contributed by atoms with Crippen LogP contribution in [0, 0.1) is 0 Å². The van der Waals surface area contributed by atoms with Gasteiger partial charge in [0.25, 0.3) is 0 Å². The van der Waals surface area contributed by atoms with Crippen molar-refractivity contribution in [2.24, 2.45) is 0 Å². The lowest BCUT2D eigenvalue weighted by Crippen LogP contribution is -2.37. The van der Waals surface area contributed by atoms with Gasteiger partial charge in [0.2, 0.25) is 5.91 Å². The van der Waals surface area contributed by atoms with E-state index in [-0.39, 0.29) is 18.3 Å². The van der Waals surface area contributed by atoms with Crippen molar-refractivity contribution in [1.29, 1.82) is 0 Å². The molecule has 0 fully saturated rings. The van der Waals surface area contributed by atoms with Crippen molar-refractivity contribution < 1.29 is 4.79 Å². The number of aromatic nitrogens is 1. The quantitative estimate of drug-likeness (QED) is 0.833. The lowest BCUT2D eigenvalue weighted by molar-refractivity contribution is -0.131. The Labute approximate surface area is 149 Å². The molecule has 2 N–H and O–H groups in total. The minimum Gasteiger partial charge on any atom is -0.397 e.